The van der Waals surface area contributed by atoms with Crippen molar-refractivity contribution >= 4 is 22.9 Å². The largest absolute Gasteiger partial charge is 0.354 e. The van der Waals surface area contributed by atoms with Crippen LogP contribution in [0.4, 0.5) is 5.82 Å². The number of benzene rings is 1. The van der Waals surface area contributed by atoms with Gasteiger partial charge in [0.05, 0.1) is 6.33 Å². The van der Waals surface area contributed by atoms with Gasteiger partial charge in [-0.2, -0.15) is 0 Å². The second-order valence-electron chi connectivity index (χ2n) is 6.33. The minimum atomic E-state index is -0.0179. The van der Waals surface area contributed by atoms with E-state index in [1.54, 1.807) is 12.7 Å². The van der Waals surface area contributed by atoms with Crippen molar-refractivity contribution in [3.05, 3.63) is 48.5 Å². The van der Waals surface area contributed by atoms with Crippen molar-refractivity contribution in [2.45, 2.75) is 12.8 Å². The molecule has 1 atom stereocenters. The standard InChI is InChI=1S/C18H20N6O/c25-18(14-6-2-1-3-7-14)19-9-13-5-4-8-24(10-13)17-15-16(21-11-20-15)22-12-23-17/h1-3,6-7,11-13H,4-5,8-10H2,(H,19,25)(H,20,21,22,23). The van der Waals surface area contributed by atoms with E-state index in [1.165, 1.54) is 0 Å². The lowest BCUT2D eigenvalue weighted by Crippen LogP contribution is -2.41. The Kier molecular flexibility index (Phi) is 4.28. The Balaban J connectivity index is 1.41. The zero-order valence-electron chi connectivity index (χ0n) is 13.9. The second-order valence-corrected chi connectivity index (χ2v) is 6.33. The van der Waals surface area contributed by atoms with Crippen molar-refractivity contribution in [3.63, 3.8) is 0 Å². The molecule has 2 N–H and O–H groups in total. The molecule has 1 fully saturated rings. The Hall–Kier alpha value is -2.96. The highest BCUT2D eigenvalue weighted by Gasteiger charge is 2.23. The van der Waals surface area contributed by atoms with Gasteiger partial charge in [0, 0.05) is 25.2 Å². The van der Waals surface area contributed by atoms with Gasteiger partial charge < -0.3 is 15.2 Å². The van der Waals surface area contributed by atoms with Crippen LogP contribution in [0.1, 0.15) is 23.2 Å². The number of nitrogens with one attached hydrogen (secondary N) is 2. The Labute approximate surface area is 145 Å². The molecule has 3 heterocycles. The Bertz CT molecular complexity index is 862. The van der Waals surface area contributed by atoms with Crippen LogP contribution in [0.15, 0.2) is 43.0 Å². The maximum Gasteiger partial charge on any atom is 0.251 e. The normalized spacial score (nSPS) is 17.6. The number of aromatic nitrogens is 4. The molecule has 1 aliphatic heterocycles. The zero-order valence-corrected chi connectivity index (χ0v) is 13.9. The average molecular weight is 336 g/mol. The van der Waals surface area contributed by atoms with Gasteiger partial charge >= 0.3 is 0 Å². The van der Waals surface area contributed by atoms with Crippen LogP contribution in [0.3, 0.4) is 0 Å². The number of amides is 1. The molecule has 3 aromatic rings. The molecule has 1 aromatic carbocycles. The van der Waals surface area contributed by atoms with E-state index in [-0.39, 0.29) is 5.91 Å². The van der Waals surface area contributed by atoms with Crippen LogP contribution in [0, 0.1) is 5.92 Å². The van der Waals surface area contributed by atoms with Gasteiger partial charge in [-0.3, -0.25) is 4.79 Å². The number of fused-ring (bicyclic) bond motifs is 1. The molecular weight excluding hydrogens is 316 g/mol. The van der Waals surface area contributed by atoms with Crippen molar-refractivity contribution < 1.29 is 4.79 Å². The molecular formula is C18H20N6O. The van der Waals surface area contributed by atoms with Crippen molar-refractivity contribution in [2.24, 2.45) is 5.92 Å². The molecule has 1 unspecified atom stereocenters. The van der Waals surface area contributed by atoms with Crippen LogP contribution in [-0.2, 0) is 0 Å². The van der Waals surface area contributed by atoms with Gasteiger partial charge in [0.25, 0.3) is 5.91 Å². The number of rotatable bonds is 4. The molecule has 1 aliphatic rings. The fourth-order valence-corrected chi connectivity index (χ4v) is 3.34. The zero-order chi connectivity index (χ0) is 17.1. The molecule has 4 rings (SSSR count). The number of anilines is 1. The fourth-order valence-electron chi connectivity index (χ4n) is 3.34. The first kappa shape index (κ1) is 15.6. The first-order valence-electron chi connectivity index (χ1n) is 8.53. The van der Waals surface area contributed by atoms with E-state index in [1.807, 2.05) is 30.3 Å². The lowest BCUT2D eigenvalue weighted by Gasteiger charge is -2.33. The first-order chi connectivity index (χ1) is 12.3. The lowest BCUT2D eigenvalue weighted by atomic mass is 9.97. The fraction of sp³-hybridized carbons (Fsp3) is 0.333. The third-order valence-electron chi connectivity index (χ3n) is 4.61. The van der Waals surface area contributed by atoms with E-state index in [2.05, 4.69) is 30.2 Å². The quantitative estimate of drug-likeness (QED) is 0.761. The van der Waals surface area contributed by atoms with Gasteiger partial charge in [0.1, 0.15) is 11.8 Å². The van der Waals surface area contributed by atoms with Gasteiger partial charge in [-0.1, -0.05) is 18.2 Å². The summed E-state index contributed by atoms with van der Waals surface area (Å²) in [4.78, 5) is 30.4. The minimum absolute atomic E-state index is 0.0179. The number of piperidine rings is 1. The number of hydrogen-bond acceptors (Lipinski definition) is 5. The van der Waals surface area contributed by atoms with Gasteiger partial charge in [0.15, 0.2) is 11.5 Å². The number of imidazole rings is 1. The number of aromatic amines is 1. The van der Waals surface area contributed by atoms with Crippen LogP contribution in [0.25, 0.3) is 11.2 Å². The predicted octanol–water partition coefficient (Wildman–Crippen LogP) is 2.00. The lowest BCUT2D eigenvalue weighted by molar-refractivity contribution is 0.0945. The van der Waals surface area contributed by atoms with Crippen molar-refractivity contribution in [1.29, 1.82) is 0 Å². The number of carbonyl (C=O) groups excluding carboxylic acids is 1. The summed E-state index contributed by atoms with van der Waals surface area (Å²) < 4.78 is 0. The van der Waals surface area contributed by atoms with Crippen LogP contribution in [0.5, 0.6) is 0 Å². The molecule has 0 bridgehead atoms. The third kappa shape index (κ3) is 3.31. The van der Waals surface area contributed by atoms with Gasteiger partial charge in [-0.05, 0) is 30.9 Å². The average Bonchev–Trinajstić information content (AvgIpc) is 3.16. The van der Waals surface area contributed by atoms with Crippen LogP contribution >= 0.6 is 0 Å². The van der Waals surface area contributed by atoms with Crippen LogP contribution in [0.2, 0.25) is 0 Å². The van der Waals surface area contributed by atoms with Crippen LogP contribution < -0.4 is 10.2 Å². The van der Waals surface area contributed by atoms with E-state index < -0.39 is 0 Å². The van der Waals surface area contributed by atoms with Crippen LogP contribution in [-0.4, -0.2) is 45.5 Å². The van der Waals surface area contributed by atoms with E-state index in [9.17, 15) is 4.79 Å². The summed E-state index contributed by atoms with van der Waals surface area (Å²) >= 11 is 0. The van der Waals surface area contributed by atoms with E-state index in [0.29, 0.717) is 23.7 Å². The van der Waals surface area contributed by atoms with Crippen molar-refractivity contribution in [1.82, 2.24) is 25.3 Å². The Morgan fingerprint density at radius 3 is 3.00 bits per heavy atom. The summed E-state index contributed by atoms with van der Waals surface area (Å²) in [5.74, 6) is 1.27. The molecule has 25 heavy (non-hydrogen) atoms. The maximum absolute atomic E-state index is 12.2. The van der Waals surface area contributed by atoms with E-state index >= 15 is 0 Å². The molecule has 7 nitrogen and oxygen atoms in total. The highest BCUT2D eigenvalue weighted by molar-refractivity contribution is 5.94. The Morgan fingerprint density at radius 1 is 1.24 bits per heavy atom. The summed E-state index contributed by atoms with van der Waals surface area (Å²) in [5.41, 5.74) is 2.26. The topological polar surface area (TPSA) is 86.8 Å². The highest BCUT2D eigenvalue weighted by atomic mass is 16.1. The molecule has 0 radical (unpaired) electrons. The molecule has 0 spiro atoms. The van der Waals surface area contributed by atoms with Gasteiger partial charge in [-0.25, -0.2) is 15.0 Å². The molecule has 1 amide bonds. The molecule has 2 aromatic heterocycles. The summed E-state index contributed by atoms with van der Waals surface area (Å²) in [6, 6.07) is 9.33. The van der Waals surface area contributed by atoms with Gasteiger partial charge in [-0.15, -0.1) is 0 Å². The molecule has 0 aliphatic carbocycles. The smallest absolute Gasteiger partial charge is 0.251 e. The number of H-pyrrole nitrogens is 1. The second kappa shape index (κ2) is 6.88. The monoisotopic (exact) mass is 336 g/mol. The number of nitrogens with zero attached hydrogens (tertiary/aromatic N) is 4. The SMILES string of the molecule is O=C(NCC1CCCN(c2ncnc3nc[nH]c23)C1)c1ccccc1. The van der Waals surface area contributed by atoms with E-state index in [0.717, 1.165) is 37.3 Å². The predicted molar refractivity (Wildman–Crippen MR) is 95.4 cm³/mol. The minimum Gasteiger partial charge on any atom is -0.354 e. The molecule has 128 valence electrons. The third-order valence-corrected chi connectivity index (χ3v) is 4.61. The summed E-state index contributed by atoms with van der Waals surface area (Å²) in [6.45, 7) is 2.48. The highest BCUT2D eigenvalue weighted by Crippen LogP contribution is 2.25. The van der Waals surface area contributed by atoms with E-state index in [4.69, 9.17) is 0 Å². The van der Waals surface area contributed by atoms with Gasteiger partial charge in [0.2, 0.25) is 0 Å². The number of carbonyl (C=O) groups is 1. The first-order valence-corrected chi connectivity index (χ1v) is 8.53. The maximum atomic E-state index is 12.2. The summed E-state index contributed by atoms with van der Waals surface area (Å²) in [7, 11) is 0. The molecule has 0 saturated carbocycles. The summed E-state index contributed by atoms with van der Waals surface area (Å²) in [6.07, 6.45) is 5.37. The summed E-state index contributed by atoms with van der Waals surface area (Å²) in [5, 5.41) is 3.05. The Morgan fingerprint density at radius 2 is 2.12 bits per heavy atom. The molecule has 1 saturated heterocycles. The number of hydrogen-bond donors (Lipinski definition) is 2. The van der Waals surface area contributed by atoms with Crippen molar-refractivity contribution in [2.75, 3.05) is 24.5 Å². The van der Waals surface area contributed by atoms with Crippen molar-refractivity contribution in [3.8, 4) is 0 Å². The molecule has 7 heteroatoms.